The van der Waals surface area contributed by atoms with Gasteiger partial charge in [-0.3, -0.25) is 0 Å². The van der Waals surface area contributed by atoms with Crippen LogP contribution in [0, 0.1) is 6.92 Å². The summed E-state index contributed by atoms with van der Waals surface area (Å²) in [6.45, 7) is 7.56. The molecule has 0 rings (SSSR count). The highest BCUT2D eigenvalue weighted by atomic mass is 16.5. The van der Waals surface area contributed by atoms with Crippen LogP contribution in [-0.2, 0) is 4.74 Å². The number of hydrogen-bond acceptors (Lipinski definition) is 2. The van der Waals surface area contributed by atoms with Gasteiger partial charge in [0, 0.05) is 19.7 Å². The maximum Gasteiger partial charge on any atom is 0.314 e. The number of ether oxygens (including phenoxy) is 1. The quantitative estimate of drug-likeness (QED) is 0.561. The minimum Gasteiger partial charge on any atom is -0.380 e. The number of amides is 2. The molecule has 2 N–H and O–H groups in total. The first-order chi connectivity index (χ1) is 5.31. The van der Waals surface area contributed by atoms with Crippen molar-refractivity contribution in [3.63, 3.8) is 0 Å². The van der Waals surface area contributed by atoms with E-state index in [0.29, 0.717) is 26.3 Å². The van der Waals surface area contributed by atoms with E-state index in [-0.39, 0.29) is 6.03 Å². The largest absolute Gasteiger partial charge is 0.380 e. The van der Waals surface area contributed by atoms with Crippen LogP contribution in [0.15, 0.2) is 0 Å². The maximum absolute atomic E-state index is 10.7. The second kappa shape index (κ2) is 7.34. The lowest BCUT2D eigenvalue weighted by molar-refractivity contribution is 0.149. The lowest BCUT2D eigenvalue weighted by Gasteiger charge is -2.04. The fraction of sp³-hybridized carbons (Fsp3) is 0.714. The molecule has 0 spiro atoms. The Morgan fingerprint density at radius 3 is 2.82 bits per heavy atom. The van der Waals surface area contributed by atoms with Crippen LogP contribution in [0.5, 0.6) is 0 Å². The summed E-state index contributed by atoms with van der Waals surface area (Å²) in [6, 6.07) is -0.195. The molecule has 0 aliphatic carbocycles. The zero-order valence-corrected chi connectivity index (χ0v) is 6.85. The van der Waals surface area contributed by atoms with Crippen molar-refractivity contribution in [3.05, 3.63) is 6.92 Å². The summed E-state index contributed by atoms with van der Waals surface area (Å²) in [4.78, 5) is 10.7. The highest BCUT2D eigenvalue weighted by Gasteiger charge is 1.94. The monoisotopic (exact) mass is 159 g/mol. The average Bonchev–Trinajstić information content (AvgIpc) is 1.99. The van der Waals surface area contributed by atoms with E-state index in [4.69, 9.17) is 4.74 Å². The summed E-state index contributed by atoms with van der Waals surface area (Å²) >= 11 is 0. The molecule has 0 heterocycles. The Labute approximate surface area is 67.3 Å². The van der Waals surface area contributed by atoms with Crippen LogP contribution >= 0.6 is 0 Å². The molecule has 0 unspecified atom stereocenters. The van der Waals surface area contributed by atoms with Gasteiger partial charge in [-0.1, -0.05) is 0 Å². The van der Waals surface area contributed by atoms with E-state index in [1.807, 2.05) is 6.92 Å². The molecule has 0 atom stereocenters. The summed E-state index contributed by atoms with van der Waals surface area (Å²) in [7, 11) is 0. The molecule has 4 heteroatoms. The number of carbonyl (C=O) groups is 1. The van der Waals surface area contributed by atoms with Crippen LogP contribution in [0.1, 0.15) is 6.92 Å². The smallest absolute Gasteiger partial charge is 0.314 e. The molecule has 1 radical (unpaired) electrons. The highest BCUT2D eigenvalue weighted by molar-refractivity contribution is 5.73. The third-order valence-electron chi connectivity index (χ3n) is 1.02. The Bertz CT molecular complexity index is 107. The van der Waals surface area contributed by atoms with Crippen LogP contribution in [0.25, 0.3) is 0 Å². The molecule has 0 saturated carbocycles. The van der Waals surface area contributed by atoms with Gasteiger partial charge in [0.05, 0.1) is 6.61 Å². The average molecular weight is 159 g/mol. The van der Waals surface area contributed by atoms with E-state index in [1.165, 1.54) is 0 Å². The predicted octanol–water partition coefficient (Wildman–Crippen LogP) is 0.156. The summed E-state index contributed by atoms with van der Waals surface area (Å²) < 4.78 is 5.00. The van der Waals surface area contributed by atoms with Gasteiger partial charge in [0.1, 0.15) is 0 Å². The molecule has 4 nitrogen and oxygen atoms in total. The SMILES string of the molecule is [CH2]CNC(=O)NCCOCC. The Kier molecular flexibility index (Phi) is 6.82. The number of hydrogen-bond donors (Lipinski definition) is 2. The van der Waals surface area contributed by atoms with E-state index in [0.717, 1.165) is 0 Å². The minimum atomic E-state index is -0.195. The van der Waals surface area contributed by atoms with Crippen LogP contribution in [-0.4, -0.2) is 32.3 Å². The van der Waals surface area contributed by atoms with Gasteiger partial charge in [0.25, 0.3) is 0 Å². The van der Waals surface area contributed by atoms with Gasteiger partial charge < -0.3 is 15.4 Å². The Morgan fingerprint density at radius 2 is 2.27 bits per heavy atom. The van der Waals surface area contributed by atoms with Gasteiger partial charge in [-0.25, -0.2) is 4.79 Å². The Hall–Kier alpha value is -0.770. The summed E-state index contributed by atoms with van der Waals surface area (Å²) in [5.41, 5.74) is 0. The van der Waals surface area contributed by atoms with Gasteiger partial charge in [-0.15, -0.1) is 0 Å². The van der Waals surface area contributed by atoms with Crippen LogP contribution in [0.2, 0.25) is 0 Å². The molecular weight excluding hydrogens is 144 g/mol. The molecule has 0 aromatic heterocycles. The molecule has 0 saturated heterocycles. The normalized spacial score (nSPS) is 9.27. The van der Waals surface area contributed by atoms with Crippen molar-refractivity contribution < 1.29 is 9.53 Å². The van der Waals surface area contributed by atoms with E-state index in [1.54, 1.807) is 0 Å². The Morgan fingerprint density at radius 1 is 1.55 bits per heavy atom. The van der Waals surface area contributed by atoms with Crippen molar-refractivity contribution in [2.75, 3.05) is 26.3 Å². The van der Waals surface area contributed by atoms with Gasteiger partial charge in [0.15, 0.2) is 0 Å². The van der Waals surface area contributed by atoms with Crippen LogP contribution in [0.3, 0.4) is 0 Å². The molecule has 0 aliphatic heterocycles. The maximum atomic E-state index is 10.7. The standard InChI is InChI=1S/C7H15N2O2/c1-3-8-7(10)9-5-6-11-4-2/h1,3-6H2,2H3,(H2,8,9,10). The number of urea groups is 1. The van der Waals surface area contributed by atoms with Crippen molar-refractivity contribution in [3.8, 4) is 0 Å². The fourth-order valence-corrected chi connectivity index (χ4v) is 0.557. The molecule has 0 aromatic rings. The van der Waals surface area contributed by atoms with Crippen LogP contribution < -0.4 is 10.6 Å². The molecular formula is C7H15N2O2. The lowest BCUT2D eigenvalue weighted by Crippen LogP contribution is -2.37. The molecule has 0 fully saturated rings. The van der Waals surface area contributed by atoms with Gasteiger partial charge >= 0.3 is 6.03 Å². The first kappa shape index (κ1) is 10.2. The summed E-state index contributed by atoms with van der Waals surface area (Å²) in [5.74, 6) is 0. The first-order valence-electron chi connectivity index (χ1n) is 3.70. The van der Waals surface area contributed by atoms with E-state index >= 15 is 0 Å². The van der Waals surface area contributed by atoms with Crippen molar-refractivity contribution in [1.29, 1.82) is 0 Å². The van der Waals surface area contributed by atoms with Crippen molar-refractivity contribution >= 4 is 6.03 Å². The minimum absolute atomic E-state index is 0.195. The number of rotatable bonds is 5. The van der Waals surface area contributed by atoms with Crippen molar-refractivity contribution in [1.82, 2.24) is 10.6 Å². The van der Waals surface area contributed by atoms with Gasteiger partial charge in [-0.2, -0.15) is 0 Å². The number of carbonyl (C=O) groups excluding carboxylic acids is 1. The first-order valence-corrected chi connectivity index (χ1v) is 3.70. The summed E-state index contributed by atoms with van der Waals surface area (Å²) in [5, 5.41) is 5.11. The topological polar surface area (TPSA) is 50.4 Å². The van der Waals surface area contributed by atoms with Gasteiger partial charge in [0.2, 0.25) is 0 Å². The van der Waals surface area contributed by atoms with E-state index in [9.17, 15) is 4.79 Å². The lowest BCUT2D eigenvalue weighted by atomic mass is 10.6. The molecule has 2 amide bonds. The predicted molar refractivity (Wildman–Crippen MR) is 43.3 cm³/mol. The molecule has 65 valence electrons. The number of nitrogens with one attached hydrogen (secondary N) is 2. The summed E-state index contributed by atoms with van der Waals surface area (Å²) in [6.07, 6.45) is 0. The second-order valence-corrected chi connectivity index (χ2v) is 1.88. The molecule has 11 heavy (non-hydrogen) atoms. The third kappa shape index (κ3) is 7.12. The van der Waals surface area contributed by atoms with Crippen molar-refractivity contribution in [2.24, 2.45) is 0 Å². The molecule has 0 bridgehead atoms. The third-order valence-corrected chi connectivity index (χ3v) is 1.02. The zero-order chi connectivity index (χ0) is 8.53. The second-order valence-electron chi connectivity index (χ2n) is 1.88. The fourth-order valence-electron chi connectivity index (χ4n) is 0.557. The van der Waals surface area contributed by atoms with Gasteiger partial charge in [-0.05, 0) is 13.8 Å². The zero-order valence-electron chi connectivity index (χ0n) is 6.85. The highest BCUT2D eigenvalue weighted by Crippen LogP contribution is 1.70. The Balaban J connectivity index is 3.04. The van der Waals surface area contributed by atoms with E-state index < -0.39 is 0 Å². The molecule has 0 aromatic carbocycles. The van der Waals surface area contributed by atoms with Crippen molar-refractivity contribution in [2.45, 2.75) is 6.92 Å². The molecule has 0 aliphatic rings. The van der Waals surface area contributed by atoms with E-state index in [2.05, 4.69) is 17.6 Å². The van der Waals surface area contributed by atoms with Crippen LogP contribution in [0.4, 0.5) is 4.79 Å².